The van der Waals surface area contributed by atoms with Crippen LogP contribution < -0.4 is 4.74 Å². The van der Waals surface area contributed by atoms with E-state index < -0.39 is 10.3 Å². The van der Waals surface area contributed by atoms with Gasteiger partial charge in [0.1, 0.15) is 21.4 Å². The molecular weight excluding hydrogens is 459 g/mol. The summed E-state index contributed by atoms with van der Waals surface area (Å²) >= 11 is 12.0. The van der Waals surface area contributed by atoms with Crippen LogP contribution >= 0.6 is 23.2 Å². The second-order valence-corrected chi connectivity index (χ2v) is 8.18. The Labute approximate surface area is 195 Å². The zero-order chi connectivity index (χ0) is 23.0. The number of ether oxygens (including phenoxy) is 2. The topological polar surface area (TPSA) is 123 Å². The fourth-order valence-corrected chi connectivity index (χ4v) is 3.97. The smallest absolute Gasteiger partial charge is 0.352 e. The van der Waals surface area contributed by atoms with Crippen LogP contribution in [0.15, 0.2) is 6.20 Å². The van der Waals surface area contributed by atoms with E-state index in [4.69, 9.17) is 48.4 Å². The van der Waals surface area contributed by atoms with Gasteiger partial charge in [-0.3, -0.25) is 14.8 Å². The molecule has 164 valence electrons. The molecule has 1 saturated heterocycles. The van der Waals surface area contributed by atoms with Gasteiger partial charge in [-0.25, -0.2) is 9.67 Å². The summed E-state index contributed by atoms with van der Waals surface area (Å²) in [7, 11) is 12.2. The van der Waals surface area contributed by atoms with E-state index in [0.29, 0.717) is 42.8 Å². The van der Waals surface area contributed by atoms with Crippen molar-refractivity contribution in [3.8, 4) is 5.88 Å². The molecular formula is C17H17B2Cl2N7O4. The minimum absolute atomic E-state index is 0.0159. The fourth-order valence-electron chi connectivity index (χ4n) is 3.62. The van der Waals surface area contributed by atoms with Gasteiger partial charge in [-0.05, 0) is 37.8 Å². The van der Waals surface area contributed by atoms with Crippen molar-refractivity contribution >= 4 is 55.6 Å². The second-order valence-electron chi connectivity index (χ2n) is 7.48. The summed E-state index contributed by atoms with van der Waals surface area (Å²) in [5.74, 6) is -0.238. The van der Waals surface area contributed by atoms with E-state index in [2.05, 4.69) is 20.2 Å². The highest BCUT2D eigenvalue weighted by Crippen LogP contribution is 2.35. The average Bonchev–Trinajstić information content (AvgIpc) is 3.23. The van der Waals surface area contributed by atoms with Crippen molar-refractivity contribution in [2.24, 2.45) is 0 Å². The van der Waals surface area contributed by atoms with Crippen LogP contribution in [0.1, 0.15) is 31.0 Å². The fraction of sp³-hybridized carbons (Fsp3) is 0.529. The molecule has 1 aliphatic rings. The minimum atomic E-state index is -1.78. The van der Waals surface area contributed by atoms with Crippen molar-refractivity contribution < 1.29 is 14.4 Å². The Morgan fingerprint density at radius 2 is 2.06 bits per heavy atom. The number of aromatic nitrogens is 6. The zero-order valence-electron chi connectivity index (χ0n) is 17.1. The molecule has 3 aromatic heterocycles. The number of aryl methyl sites for hydroxylation is 1. The quantitative estimate of drug-likeness (QED) is 0.221. The van der Waals surface area contributed by atoms with Gasteiger partial charge in [-0.15, -0.1) is 5.10 Å². The lowest BCUT2D eigenvalue weighted by Gasteiger charge is -2.26. The van der Waals surface area contributed by atoms with Gasteiger partial charge in [0.25, 0.3) is 0 Å². The molecule has 0 unspecified atom stereocenters. The van der Waals surface area contributed by atoms with Crippen molar-refractivity contribution in [3.63, 3.8) is 0 Å². The van der Waals surface area contributed by atoms with E-state index in [-0.39, 0.29) is 41.0 Å². The summed E-state index contributed by atoms with van der Waals surface area (Å²) in [5, 5.41) is 19.1. The van der Waals surface area contributed by atoms with Crippen LogP contribution in [0.5, 0.6) is 5.88 Å². The van der Waals surface area contributed by atoms with Gasteiger partial charge in [-0.2, -0.15) is 10.1 Å². The molecule has 0 saturated carbocycles. The van der Waals surface area contributed by atoms with E-state index in [1.165, 1.54) is 10.9 Å². The Balaban J connectivity index is 1.55. The van der Waals surface area contributed by atoms with Crippen LogP contribution in [0.3, 0.4) is 0 Å². The summed E-state index contributed by atoms with van der Waals surface area (Å²) in [4.78, 5) is 19.1. The van der Waals surface area contributed by atoms with Gasteiger partial charge in [0.15, 0.2) is 10.8 Å². The number of rotatable bonds is 7. The van der Waals surface area contributed by atoms with E-state index in [0.717, 1.165) is 0 Å². The van der Waals surface area contributed by atoms with Crippen molar-refractivity contribution in [2.75, 3.05) is 13.2 Å². The summed E-state index contributed by atoms with van der Waals surface area (Å²) in [6, 6.07) is -0.0354. The Morgan fingerprint density at radius 1 is 1.34 bits per heavy atom. The predicted molar refractivity (Wildman–Crippen MR) is 118 cm³/mol. The molecule has 15 heteroatoms. The summed E-state index contributed by atoms with van der Waals surface area (Å²) in [5.41, 5.74) is 0.490. The third-order valence-electron chi connectivity index (χ3n) is 5.22. The van der Waals surface area contributed by atoms with Gasteiger partial charge >= 0.3 is 11.6 Å². The summed E-state index contributed by atoms with van der Waals surface area (Å²) in [6.07, 6.45) is 2.85. The van der Waals surface area contributed by atoms with E-state index in [9.17, 15) is 10.1 Å². The summed E-state index contributed by atoms with van der Waals surface area (Å²) < 4.78 is 14.0. The molecule has 4 heterocycles. The first-order valence-electron chi connectivity index (χ1n) is 9.79. The van der Waals surface area contributed by atoms with Crippen LogP contribution in [0.25, 0.3) is 11.0 Å². The Kier molecular flexibility index (Phi) is 6.33. The molecule has 11 nitrogen and oxygen atoms in total. The van der Waals surface area contributed by atoms with Crippen LogP contribution in [-0.4, -0.2) is 68.8 Å². The first-order chi connectivity index (χ1) is 15.2. The third kappa shape index (κ3) is 4.55. The first-order valence-corrected chi connectivity index (χ1v) is 10.5. The highest BCUT2D eigenvalue weighted by atomic mass is 35.5. The number of hydrogen-bond donors (Lipinski definition) is 0. The largest absolute Gasteiger partial charge is 0.486 e. The monoisotopic (exact) mass is 475 g/mol. The van der Waals surface area contributed by atoms with Gasteiger partial charge in [0.05, 0.1) is 16.4 Å². The molecule has 0 N–H and O–H groups in total. The molecule has 0 atom stereocenters. The molecule has 0 amide bonds. The molecule has 32 heavy (non-hydrogen) atoms. The highest BCUT2D eigenvalue weighted by molar-refractivity contribution is 6.39. The SMILES string of the molecule is [B]C([B])(CCn1nc(Cl)c2cnc(Cl)nc21)Oc1nn(C2CCOCC2)c(C)c1[N+](=O)[O-]. The molecule has 0 spiro atoms. The lowest BCUT2D eigenvalue weighted by molar-refractivity contribution is -0.386. The second kappa shape index (κ2) is 8.87. The van der Waals surface area contributed by atoms with Crippen molar-refractivity contribution in [1.29, 1.82) is 0 Å². The molecule has 0 aromatic carbocycles. The maximum absolute atomic E-state index is 11.7. The zero-order valence-corrected chi connectivity index (χ0v) is 18.6. The molecule has 4 radical (unpaired) electrons. The van der Waals surface area contributed by atoms with Crippen LogP contribution in [-0.2, 0) is 11.3 Å². The Hall–Kier alpha value is -2.37. The number of hydrogen-bond acceptors (Lipinski definition) is 8. The van der Waals surface area contributed by atoms with Crippen LogP contribution in [0.4, 0.5) is 5.69 Å². The highest BCUT2D eigenvalue weighted by Gasteiger charge is 2.33. The van der Waals surface area contributed by atoms with Crippen molar-refractivity contribution in [1.82, 2.24) is 29.5 Å². The number of nitrogens with zero attached hydrogens (tertiary/aromatic N) is 7. The predicted octanol–water partition coefficient (Wildman–Crippen LogP) is 2.36. The maximum atomic E-state index is 11.7. The van der Waals surface area contributed by atoms with E-state index >= 15 is 0 Å². The van der Waals surface area contributed by atoms with Gasteiger partial charge in [0, 0.05) is 31.4 Å². The first kappa shape index (κ1) is 22.8. The summed E-state index contributed by atoms with van der Waals surface area (Å²) in [6.45, 7) is 2.87. The van der Waals surface area contributed by atoms with Gasteiger partial charge in [0.2, 0.25) is 5.28 Å². The lowest BCUT2D eigenvalue weighted by atomic mass is 9.63. The maximum Gasteiger partial charge on any atom is 0.352 e. The van der Waals surface area contributed by atoms with E-state index in [1.54, 1.807) is 11.6 Å². The lowest BCUT2D eigenvalue weighted by Crippen LogP contribution is -2.39. The minimum Gasteiger partial charge on any atom is -0.486 e. The Morgan fingerprint density at radius 3 is 2.75 bits per heavy atom. The number of fused-ring (bicyclic) bond motifs is 1. The molecule has 1 fully saturated rings. The average molecular weight is 476 g/mol. The van der Waals surface area contributed by atoms with Gasteiger partial charge in [-0.1, -0.05) is 11.6 Å². The van der Waals surface area contributed by atoms with Crippen molar-refractivity contribution in [3.05, 3.63) is 32.4 Å². The van der Waals surface area contributed by atoms with Crippen molar-refractivity contribution in [2.45, 2.75) is 44.2 Å². The molecule has 0 bridgehead atoms. The van der Waals surface area contributed by atoms with Crippen LogP contribution in [0, 0.1) is 17.0 Å². The van der Waals surface area contributed by atoms with Crippen LogP contribution in [0.2, 0.25) is 10.4 Å². The standard InChI is InChI=1S/C17H17B2Cl2N7O4/c1-9-12(28(29)30)15(25-27(9)10-2-6-31-7-3-10)32-17(18,19)4-5-26-14-11(13(20)24-26)8-22-16(21)23-14/h8,10H,2-7H2,1H3. The molecule has 3 aromatic rings. The number of halogens is 2. The van der Waals surface area contributed by atoms with E-state index in [1.807, 2.05) is 0 Å². The third-order valence-corrected chi connectivity index (χ3v) is 5.68. The number of nitro groups is 1. The van der Waals surface area contributed by atoms with Gasteiger partial charge < -0.3 is 9.47 Å². The molecule has 0 aliphatic carbocycles. The normalized spacial score (nSPS) is 15.3. The molecule has 1 aliphatic heterocycles. The molecule has 4 rings (SSSR count). The Bertz CT molecular complexity index is 1160.